The van der Waals surface area contributed by atoms with Crippen LogP contribution in [0.1, 0.15) is 26.7 Å². The van der Waals surface area contributed by atoms with Gasteiger partial charge in [-0.1, -0.05) is 0 Å². The van der Waals surface area contributed by atoms with E-state index >= 15 is 0 Å². The molecule has 1 fully saturated rings. The van der Waals surface area contributed by atoms with Crippen LogP contribution in [-0.4, -0.2) is 37.0 Å². The van der Waals surface area contributed by atoms with Crippen LogP contribution in [0.25, 0.3) is 0 Å². The molecule has 3 atom stereocenters. The Morgan fingerprint density at radius 1 is 1.69 bits per heavy atom. The highest BCUT2D eigenvalue weighted by Gasteiger charge is 2.27. The molecule has 0 aromatic carbocycles. The Morgan fingerprint density at radius 3 is 2.94 bits per heavy atom. The third-order valence-electron chi connectivity index (χ3n) is 3.12. The lowest BCUT2D eigenvalue weighted by atomic mass is 9.92. The molecule has 4 nitrogen and oxygen atoms in total. The van der Waals surface area contributed by atoms with E-state index in [1.54, 1.807) is 11.9 Å². The smallest absolute Gasteiger partial charge is 0.225 e. The Kier molecular flexibility index (Phi) is 4.75. The molecule has 0 bridgehead atoms. The van der Waals surface area contributed by atoms with E-state index < -0.39 is 0 Å². The maximum absolute atomic E-state index is 12.1. The largest absolute Gasteiger partial charge is 0.344 e. The summed E-state index contributed by atoms with van der Waals surface area (Å²) in [6, 6.07) is 2.58. The minimum Gasteiger partial charge on any atom is -0.344 e. The van der Waals surface area contributed by atoms with Gasteiger partial charge in [0, 0.05) is 25.6 Å². The molecular formula is C12H21N3O. The molecule has 0 spiro atoms. The average molecular weight is 223 g/mol. The molecule has 1 heterocycles. The van der Waals surface area contributed by atoms with Gasteiger partial charge >= 0.3 is 0 Å². The van der Waals surface area contributed by atoms with Gasteiger partial charge in [0.2, 0.25) is 5.91 Å². The predicted octanol–water partition coefficient (Wildman–Crippen LogP) is 0.993. The number of nitrogens with zero attached hydrogens (tertiary/aromatic N) is 2. The van der Waals surface area contributed by atoms with Crippen LogP contribution >= 0.6 is 0 Å². The van der Waals surface area contributed by atoms with Crippen LogP contribution in [0.5, 0.6) is 0 Å². The van der Waals surface area contributed by atoms with Crippen molar-refractivity contribution >= 4 is 5.91 Å². The van der Waals surface area contributed by atoms with Crippen molar-refractivity contribution < 1.29 is 4.79 Å². The van der Waals surface area contributed by atoms with Crippen molar-refractivity contribution in [3.8, 4) is 6.07 Å². The number of piperidine rings is 1. The fourth-order valence-electron chi connectivity index (χ4n) is 2.21. The Morgan fingerprint density at radius 2 is 2.38 bits per heavy atom. The molecule has 90 valence electrons. The first-order valence-electron chi connectivity index (χ1n) is 5.92. The molecular weight excluding hydrogens is 202 g/mol. The average Bonchev–Trinajstić information content (AvgIpc) is 2.27. The second-order valence-electron chi connectivity index (χ2n) is 4.83. The summed E-state index contributed by atoms with van der Waals surface area (Å²) in [4.78, 5) is 13.8. The molecule has 1 N–H and O–H groups in total. The topological polar surface area (TPSA) is 56.1 Å². The highest BCUT2D eigenvalue weighted by molar-refractivity contribution is 5.78. The van der Waals surface area contributed by atoms with Crippen LogP contribution < -0.4 is 5.32 Å². The molecule has 1 aliphatic heterocycles. The first kappa shape index (κ1) is 13.0. The Bertz CT molecular complexity index is 284. The van der Waals surface area contributed by atoms with Gasteiger partial charge in [-0.3, -0.25) is 4.79 Å². The molecule has 0 aromatic rings. The van der Waals surface area contributed by atoms with Crippen molar-refractivity contribution in [3.05, 3.63) is 0 Å². The number of hydrogen-bond acceptors (Lipinski definition) is 3. The second kappa shape index (κ2) is 5.86. The fourth-order valence-corrected chi connectivity index (χ4v) is 2.21. The van der Waals surface area contributed by atoms with Gasteiger partial charge in [-0.25, -0.2) is 0 Å². The molecule has 1 rings (SSSR count). The van der Waals surface area contributed by atoms with E-state index in [4.69, 9.17) is 5.26 Å². The van der Waals surface area contributed by atoms with E-state index in [1.165, 1.54) is 0 Å². The molecule has 0 aromatic heterocycles. The number of carbonyl (C=O) groups is 1. The van der Waals surface area contributed by atoms with Crippen LogP contribution in [0.15, 0.2) is 0 Å². The SMILES string of the molecule is CC(C#N)CN(C)C(=O)C1CCNC(C)C1. The lowest BCUT2D eigenvalue weighted by Gasteiger charge is -2.30. The van der Waals surface area contributed by atoms with Crippen LogP contribution in [-0.2, 0) is 4.79 Å². The maximum atomic E-state index is 12.1. The summed E-state index contributed by atoms with van der Waals surface area (Å²) in [5.41, 5.74) is 0. The van der Waals surface area contributed by atoms with Gasteiger partial charge in [0.15, 0.2) is 0 Å². The number of carbonyl (C=O) groups excluding carboxylic acids is 1. The zero-order valence-corrected chi connectivity index (χ0v) is 10.4. The Labute approximate surface area is 97.6 Å². The summed E-state index contributed by atoms with van der Waals surface area (Å²) in [5.74, 6) is 0.232. The lowest BCUT2D eigenvalue weighted by molar-refractivity contribution is -0.135. The van der Waals surface area contributed by atoms with Crippen LogP contribution in [0.2, 0.25) is 0 Å². The van der Waals surface area contributed by atoms with Crippen molar-refractivity contribution in [1.82, 2.24) is 10.2 Å². The fraction of sp³-hybridized carbons (Fsp3) is 0.833. The van der Waals surface area contributed by atoms with E-state index in [2.05, 4.69) is 18.3 Å². The van der Waals surface area contributed by atoms with Crippen molar-refractivity contribution in [1.29, 1.82) is 5.26 Å². The Hall–Kier alpha value is -1.08. The maximum Gasteiger partial charge on any atom is 0.225 e. The highest BCUT2D eigenvalue weighted by Crippen LogP contribution is 2.18. The van der Waals surface area contributed by atoms with Gasteiger partial charge in [-0.15, -0.1) is 0 Å². The minimum atomic E-state index is -0.0897. The number of nitrogens with one attached hydrogen (secondary N) is 1. The van der Waals surface area contributed by atoms with Gasteiger partial charge in [0.1, 0.15) is 0 Å². The molecule has 0 saturated carbocycles. The molecule has 0 aliphatic carbocycles. The van der Waals surface area contributed by atoms with E-state index in [0.29, 0.717) is 12.6 Å². The normalized spacial score (nSPS) is 26.9. The monoisotopic (exact) mass is 223 g/mol. The molecule has 1 saturated heterocycles. The standard InChI is InChI=1S/C12H21N3O/c1-9(7-13)8-15(3)12(16)11-4-5-14-10(2)6-11/h9-11,14H,4-6,8H2,1-3H3. The molecule has 1 amide bonds. The van der Waals surface area contributed by atoms with E-state index in [0.717, 1.165) is 19.4 Å². The van der Waals surface area contributed by atoms with Crippen molar-refractivity contribution in [3.63, 3.8) is 0 Å². The summed E-state index contributed by atoms with van der Waals surface area (Å²) in [7, 11) is 1.79. The zero-order chi connectivity index (χ0) is 12.1. The van der Waals surface area contributed by atoms with E-state index in [-0.39, 0.29) is 17.7 Å². The first-order valence-corrected chi connectivity index (χ1v) is 5.92. The summed E-state index contributed by atoms with van der Waals surface area (Å²) in [6.45, 7) is 5.40. The van der Waals surface area contributed by atoms with E-state index in [1.807, 2.05) is 6.92 Å². The van der Waals surface area contributed by atoms with Gasteiger partial charge in [0.25, 0.3) is 0 Å². The number of nitriles is 1. The number of hydrogen-bond donors (Lipinski definition) is 1. The van der Waals surface area contributed by atoms with Crippen molar-refractivity contribution in [2.45, 2.75) is 32.7 Å². The quantitative estimate of drug-likeness (QED) is 0.776. The van der Waals surface area contributed by atoms with Gasteiger partial charge in [0.05, 0.1) is 12.0 Å². The lowest BCUT2D eigenvalue weighted by Crippen LogP contribution is -2.43. The van der Waals surface area contributed by atoms with E-state index in [9.17, 15) is 4.79 Å². The first-order chi connectivity index (χ1) is 7.54. The molecule has 4 heteroatoms. The van der Waals surface area contributed by atoms with Crippen molar-refractivity contribution in [2.75, 3.05) is 20.1 Å². The molecule has 16 heavy (non-hydrogen) atoms. The molecule has 1 aliphatic rings. The second-order valence-corrected chi connectivity index (χ2v) is 4.83. The Balaban J connectivity index is 2.47. The van der Waals surface area contributed by atoms with Crippen LogP contribution in [0.4, 0.5) is 0 Å². The van der Waals surface area contributed by atoms with Gasteiger partial charge in [-0.2, -0.15) is 5.26 Å². The summed E-state index contributed by atoms with van der Waals surface area (Å²) in [6.07, 6.45) is 1.82. The summed E-state index contributed by atoms with van der Waals surface area (Å²) >= 11 is 0. The third-order valence-corrected chi connectivity index (χ3v) is 3.12. The van der Waals surface area contributed by atoms with Crippen LogP contribution in [0.3, 0.4) is 0 Å². The van der Waals surface area contributed by atoms with Crippen LogP contribution in [0, 0.1) is 23.2 Å². The number of amides is 1. The van der Waals surface area contributed by atoms with Gasteiger partial charge < -0.3 is 10.2 Å². The minimum absolute atomic E-state index is 0.0897. The molecule has 0 radical (unpaired) electrons. The number of rotatable bonds is 3. The highest BCUT2D eigenvalue weighted by atomic mass is 16.2. The molecule has 3 unspecified atom stereocenters. The van der Waals surface area contributed by atoms with Gasteiger partial charge in [-0.05, 0) is 33.2 Å². The predicted molar refractivity (Wildman–Crippen MR) is 62.6 cm³/mol. The van der Waals surface area contributed by atoms with Crippen molar-refractivity contribution in [2.24, 2.45) is 11.8 Å². The third kappa shape index (κ3) is 3.49. The zero-order valence-electron chi connectivity index (χ0n) is 10.4. The summed E-state index contributed by atoms with van der Waals surface area (Å²) < 4.78 is 0. The summed E-state index contributed by atoms with van der Waals surface area (Å²) in [5, 5.41) is 12.1.